The van der Waals surface area contributed by atoms with Crippen LogP contribution in [0.4, 0.5) is 11.4 Å². The first-order chi connectivity index (χ1) is 57.1. The highest BCUT2D eigenvalue weighted by atomic mass is 15.5. The summed E-state index contributed by atoms with van der Waals surface area (Å²) in [5, 5.41) is 12.5. The van der Waals surface area contributed by atoms with Crippen LogP contribution in [-0.4, -0.2) is 108 Å². The van der Waals surface area contributed by atoms with Crippen molar-refractivity contribution in [3.05, 3.63) is 311 Å². The third kappa shape index (κ3) is 8.82. The standard InChI is InChI=1S/C101H90B2N12/c1-57-50-61(78-37-13-15-44-104-78)53-82-90(57)102(74-42-48-107-93-71(74)56-73-85(58-22-5-2-6-23-58)92-67(86(73)93)33-20-46-106-92)75-35-19-32-69-88-72-52-60(40-41-81(72)111(64-27-9-4-10-28-64)99(88)113(82)96(69)75)59-24-17-29-65(51-59)112-98-70(34-21-47-109-98)87-68-31-18-36-76-95(68)114(100(87)112)83-54-62(79-38-14-16-45-105-79)55-84-91(83)103(76)77-43-49-108-94-89-66-30-11-12-39-80(66)110(63-25-7-3-8-26-63)101(89)115(84)97(77)94/h2-10,13-17,19-20,22-29,32-33,35,37-38,40-42,44-46,48,50-53,62,66,68,70,76-77,80,83-85,91,94-95,97-98,108-109H,11-12,18,21,30-31,34,36,39,43,47,49,54-56H2,1H3. The molecule has 115 heavy (non-hydrogen) atoms. The number of benzene rings is 7. The number of hydrogen-bond acceptors (Lipinski definition) is 10. The van der Waals surface area contributed by atoms with Crippen LogP contribution in [0.2, 0.25) is 17.5 Å². The van der Waals surface area contributed by atoms with Gasteiger partial charge in [0.05, 0.1) is 40.3 Å². The van der Waals surface area contributed by atoms with Crippen molar-refractivity contribution in [2.45, 2.75) is 162 Å². The van der Waals surface area contributed by atoms with Crippen molar-refractivity contribution in [1.82, 2.24) is 49.5 Å². The van der Waals surface area contributed by atoms with E-state index in [1.54, 1.807) is 17.2 Å². The Hall–Kier alpha value is -11.1. The monoisotopic (exact) mass is 1490 g/mol. The summed E-state index contributed by atoms with van der Waals surface area (Å²) in [5.74, 6) is 7.16. The second kappa shape index (κ2) is 24.5. The quantitative estimate of drug-likeness (QED) is 0.143. The van der Waals surface area contributed by atoms with E-state index in [9.17, 15) is 0 Å². The van der Waals surface area contributed by atoms with Crippen LogP contribution in [0.1, 0.15) is 128 Å². The lowest BCUT2D eigenvalue weighted by atomic mass is 9.18. The molecule has 6 aromatic heterocycles. The van der Waals surface area contributed by atoms with Gasteiger partial charge in [-0.15, -0.1) is 0 Å². The molecule has 5 aliphatic carbocycles. The van der Waals surface area contributed by atoms with Crippen molar-refractivity contribution >= 4 is 79.6 Å². The fraction of sp³-hybridized carbons (Fsp3) is 0.307. The lowest BCUT2D eigenvalue weighted by molar-refractivity contribution is 0.0126. The number of aromatic nitrogens is 6. The van der Waals surface area contributed by atoms with E-state index in [1.165, 1.54) is 187 Å². The predicted molar refractivity (Wildman–Crippen MR) is 464 cm³/mol. The number of nitrogens with one attached hydrogen (secondary N) is 2. The first-order valence-electron chi connectivity index (χ1n) is 43.7. The van der Waals surface area contributed by atoms with Gasteiger partial charge in [-0.2, -0.15) is 0 Å². The van der Waals surface area contributed by atoms with E-state index < -0.39 is 0 Å². The summed E-state index contributed by atoms with van der Waals surface area (Å²) >= 11 is 0. The number of aryl methyl sites for hydroxylation is 1. The topological polar surface area (TPSA) is 98.4 Å². The van der Waals surface area contributed by atoms with E-state index in [2.05, 4.69) is 271 Å². The number of nitrogens with zero attached hydrogens (tertiary/aromatic N) is 10. The zero-order valence-electron chi connectivity index (χ0n) is 65.0. The third-order valence-electron chi connectivity index (χ3n) is 31.7. The smallest absolute Gasteiger partial charge is 0.247 e. The molecular weight excluding hydrogens is 1400 g/mol. The van der Waals surface area contributed by atoms with Crippen LogP contribution in [0.5, 0.6) is 0 Å². The molecule has 2 N–H and O–H groups in total. The zero-order chi connectivity index (χ0) is 74.7. The Morgan fingerprint density at radius 2 is 1.25 bits per heavy atom. The normalized spacial score (nSPS) is 28.5. The number of fused-ring (bicyclic) bond motifs is 23. The average molecular weight is 1490 g/mol. The minimum Gasteiger partial charge on any atom is -0.352 e. The number of anilines is 2. The lowest BCUT2D eigenvalue weighted by Crippen LogP contribution is -2.74. The van der Waals surface area contributed by atoms with Crippen molar-refractivity contribution in [3.63, 3.8) is 0 Å². The zero-order valence-corrected chi connectivity index (χ0v) is 65.0. The van der Waals surface area contributed by atoms with Crippen molar-refractivity contribution in [2.75, 3.05) is 22.9 Å². The van der Waals surface area contributed by atoms with Crippen molar-refractivity contribution in [2.24, 2.45) is 17.8 Å². The molecule has 9 aliphatic heterocycles. The molecule has 0 radical (unpaired) electrons. The SMILES string of the molecule is Cc1cc(-c2ccccn2)cc2c1B(c1ccnc3c1CC1=C3c3cccnc3C1c1ccccc1)c1cccc3c4c5cc(-c6cccc(N7C8=C(C9CCCNC97)C7CCCC9B%10C%11CCNC%12C%13=C(N(c%14ccccc%14)C%14CCCCC%13%14)N(C%13CC(c%14ccccn%14)CC(C%10%13)N8C97)C%11%12)c6)ccc5n(-c5ccccc5)c4n-2c13. The van der Waals surface area contributed by atoms with Gasteiger partial charge in [0, 0.05) is 146 Å². The summed E-state index contributed by atoms with van der Waals surface area (Å²) in [7, 11) is 0. The maximum absolute atomic E-state index is 5.40. The van der Waals surface area contributed by atoms with Crippen LogP contribution < -0.4 is 36.8 Å². The second-order valence-corrected chi connectivity index (χ2v) is 36.5. The van der Waals surface area contributed by atoms with Gasteiger partial charge < -0.3 is 24.9 Å². The van der Waals surface area contributed by atoms with Crippen molar-refractivity contribution in [3.8, 4) is 33.8 Å². The Morgan fingerprint density at radius 3 is 2.10 bits per heavy atom. The molecular formula is C101H90B2N12. The molecule has 560 valence electrons. The van der Waals surface area contributed by atoms with Crippen molar-refractivity contribution in [1.29, 1.82) is 0 Å². The Balaban J connectivity index is 0.623. The fourth-order valence-electron chi connectivity index (χ4n) is 28.1. The van der Waals surface area contributed by atoms with Gasteiger partial charge in [-0.25, -0.2) is 0 Å². The molecule has 0 bridgehead atoms. The molecule has 7 aromatic carbocycles. The Morgan fingerprint density at radius 1 is 0.496 bits per heavy atom. The highest BCUT2D eigenvalue weighted by molar-refractivity contribution is 6.98. The number of para-hydroxylation sites is 3. The van der Waals surface area contributed by atoms with Gasteiger partial charge in [0.2, 0.25) is 6.71 Å². The van der Waals surface area contributed by atoms with Gasteiger partial charge in [-0.3, -0.25) is 34.4 Å². The molecule has 14 heteroatoms. The number of allylic oxidation sites excluding steroid dienone is 1. The van der Waals surface area contributed by atoms with Gasteiger partial charge in [-0.05, 0) is 236 Å². The van der Waals surface area contributed by atoms with Gasteiger partial charge in [0.1, 0.15) is 17.3 Å². The Labute approximate surface area is 672 Å². The molecule has 15 atom stereocenters. The van der Waals surface area contributed by atoms with Crippen LogP contribution in [0.25, 0.3) is 72.2 Å². The maximum atomic E-state index is 5.40. The van der Waals surface area contributed by atoms with Gasteiger partial charge in [-0.1, -0.05) is 164 Å². The van der Waals surface area contributed by atoms with Crippen LogP contribution in [0.3, 0.4) is 0 Å². The molecule has 4 saturated heterocycles. The highest BCUT2D eigenvalue weighted by Gasteiger charge is 2.72. The number of rotatable bonds is 8. The van der Waals surface area contributed by atoms with Gasteiger partial charge in [0.15, 0.2) is 6.71 Å². The molecule has 0 amide bonds. The molecule has 14 aliphatic rings. The highest BCUT2D eigenvalue weighted by Crippen LogP contribution is 2.71. The molecule has 3 saturated carbocycles. The number of piperidine rings is 2. The largest absolute Gasteiger partial charge is 0.352 e. The summed E-state index contributed by atoms with van der Waals surface area (Å²) in [5.41, 5.74) is 32.1. The summed E-state index contributed by atoms with van der Waals surface area (Å²) < 4.78 is 5.26. The maximum Gasteiger partial charge on any atom is 0.247 e. The first kappa shape index (κ1) is 65.2. The van der Waals surface area contributed by atoms with Gasteiger partial charge >= 0.3 is 0 Å². The molecule has 13 aromatic rings. The number of hydrogen-bond donors (Lipinski definition) is 2. The minimum absolute atomic E-state index is 0.0570. The van der Waals surface area contributed by atoms with Crippen LogP contribution in [0.15, 0.2) is 272 Å². The third-order valence-corrected chi connectivity index (χ3v) is 31.7. The van der Waals surface area contributed by atoms with E-state index in [0.717, 1.165) is 54.3 Å². The summed E-state index contributed by atoms with van der Waals surface area (Å²) in [4.78, 5) is 33.4. The lowest BCUT2D eigenvalue weighted by Gasteiger charge is -2.68. The van der Waals surface area contributed by atoms with E-state index in [4.69, 9.17) is 19.9 Å². The van der Waals surface area contributed by atoms with Crippen molar-refractivity contribution < 1.29 is 0 Å². The minimum atomic E-state index is -0.0919. The van der Waals surface area contributed by atoms with E-state index in [-0.39, 0.29) is 18.8 Å². The van der Waals surface area contributed by atoms with Gasteiger partial charge in [0.25, 0.3) is 0 Å². The molecule has 12 nitrogen and oxygen atoms in total. The van der Waals surface area contributed by atoms with E-state index in [0.29, 0.717) is 84.1 Å². The van der Waals surface area contributed by atoms with Crippen LogP contribution in [-0.2, 0) is 6.42 Å². The van der Waals surface area contributed by atoms with E-state index >= 15 is 0 Å². The van der Waals surface area contributed by atoms with Crippen LogP contribution in [0, 0.1) is 24.7 Å². The second-order valence-electron chi connectivity index (χ2n) is 36.5. The van der Waals surface area contributed by atoms with Crippen LogP contribution >= 0.6 is 0 Å². The summed E-state index contributed by atoms with van der Waals surface area (Å²) in [6.45, 7) is 5.14. The fourth-order valence-corrected chi connectivity index (χ4v) is 28.1. The Bertz CT molecular complexity index is 6370. The molecule has 7 fully saturated rings. The van der Waals surface area contributed by atoms with E-state index in [1.807, 2.05) is 24.0 Å². The molecule has 15 heterocycles. The first-order valence-corrected chi connectivity index (χ1v) is 43.7. The molecule has 15 unspecified atom stereocenters. The summed E-state index contributed by atoms with van der Waals surface area (Å²) in [6, 6.07) is 86.2. The molecule has 0 spiro atoms. The summed E-state index contributed by atoms with van der Waals surface area (Å²) in [6.07, 6.45) is 24.4. The predicted octanol–water partition coefficient (Wildman–Crippen LogP) is 17.4. The average Bonchev–Trinajstić information content (AvgIpc) is 1.42. The number of pyridine rings is 4. The Kier molecular flexibility index (Phi) is 13.9. The molecule has 27 rings (SSSR count).